The number of carbonyl (C=O) groups excluding carboxylic acids is 2. The van der Waals surface area contributed by atoms with Crippen LogP contribution in [0.3, 0.4) is 0 Å². The lowest BCUT2D eigenvalue weighted by atomic mass is 9.99. The van der Waals surface area contributed by atoms with Crippen molar-refractivity contribution in [3.05, 3.63) is 36.2 Å². The fraction of sp³-hybridized carbons (Fsp3) is 0.556. The van der Waals surface area contributed by atoms with E-state index in [1.54, 1.807) is 17.9 Å². The molecule has 3 rings (SSSR count). The van der Waals surface area contributed by atoms with Gasteiger partial charge in [0.15, 0.2) is 0 Å². The molecule has 0 bridgehead atoms. The molecule has 1 fully saturated rings. The minimum atomic E-state index is -0.128. The Morgan fingerprint density at radius 3 is 2.85 bits per heavy atom. The number of aromatic nitrogens is 4. The van der Waals surface area contributed by atoms with Gasteiger partial charge in [0.1, 0.15) is 18.3 Å². The predicted octanol–water partition coefficient (Wildman–Crippen LogP) is 1.51. The number of nitrogens with zero attached hydrogens (tertiary/aromatic N) is 5. The maximum atomic E-state index is 12.7. The summed E-state index contributed by atoms with van der Waals surface area (Å²) in [5.74, 6) is -0.0418. The molecule has 2 atom stereocenters. The summed E-state index contributed by atoms with van der Waals surface area (Å²) in [6.07, 6.45) is 6.16. The molecule has 1 saturated heterocycles. The van der Waals surface area contributed by atoms with Gasteiger partial charge in [-0.3, -0.25) is 14.3 Å². The van der Waals surface area contributed by atoms with Crippen molar-refractivity contribution in [2.45, 2.75) is 51.7 Å². The number of hydrogen-bond donors (Lipinski definition) is 1. The molecule has 8 nitrogen and oxygen atoms in total. The zero-order chi connectivity index (χ0) is 18.7. The number of hydrogen-bond acceptors (Lipinski definition) is 4. The fourth-order valence-corrected chi connectivity index (χ4v) is 3.66. The van der Waals surface area contributed by atoms with E-state index in [4.69, 9.17) is 0 Å². The molecule has 8 heteroatoms. The molecule has 3 heterocycles. The molecule has 1 aliphatic heterocycles. The van der Waals surface area contributed by atoms with Crippen LogP contribution < -0.4 is 5.32 Å². The molecule has 0 radical (unpaired) electrons. The van der Waals surface area contributed by atoms with E-state index in [9.17, 15) is 9.59 Å². The Balaban J connectivity index is 1.71. The van der Waals surface area contributed by atoms with Crippen LogP contribution in [-0.4, -0.2) is 48.6 Å². The molecule has 1 N–H and O–H groups in total. The predicted molar refractivity (Wildman–Crippen MR) is 96.3 cm³/mol. The third-order valence-electron chi connectivity index (χ3n) is 4.95. The molecule has 0 saturated carbocycles. The van der Waals surface area contributed by atoms with Crippen molar-refractivity contribution in [3.63, 3.8) is 0 Å². The minimum absolute atomic E-state index is 0.0420. The van der Waals surface area contributed by atoms with Crippen LogP contribution in [0.25, 0.3) is 0 Å². The number of amides is 2. The highest BCUT2D eigenvalue weighted by molar-refractivity contribution is 5.93. The van der Waals surface area contributed by atoms with Crippen LogP contribution in [0, 0.1) is 0 Å². The molecule has 2 aromatic heterocycles. The molecule has 0 spiro atoms. The Hall–Kier alpha value is -2.64. The first-order chi connectivity index (χ1) is 12.5. The van der Waals surface area contributed by atoms with Crippen LogP contribution in [0.4, 0.5) is 0 Å². The molecule has 1 aliphatic rings. The fourth-order valence-electron chi connectivity index (χ4n) is 3.66. The number of carbonyl (C=O) groups is 2. The van der Waals surface area contributed by atoms with Gasteiger partial charge in [-0.15, -0.1) is 0 Å². The monoisotopic (exact) mass is 358 g/mol. The van der Waals surface area contributed by atoms with E-state index in [2.05, 4.69) is 15.4 Å². The van der Waals surface area contributed by atoms with Crippen molar-refractivity contribution in [2.75, 3.05) is 6.54 Å². The van der Waals surface area contributed by atoms with Crippen molar-refractivity contribution < 1.29 is 9.59 Å². The van der Waals surface area contributed by atoms with E-state index in [0.29, 0.717) is 12.2 Å². The first kappa shape index (κ1) is 18.2. The molecule has 2 aromatic rings. The topological polar surface area (TPSA) is 85.1 Å². The molecular weight excluding hydrogens is 332 g/mol. The zero-order valence-corrected chi connectivity index (χ0v) is 15.6. The number of nitrogens with one attached hydrogen (secondary N) is 1. The summed E-state index contributed by atoms with van der Waals surface area (Å²) in [7, 11) is 1.89. The lowest BCUT2D eigenvalue weighted by Gasteiger charge is -2.35. The SMILES string of the molecule is CC(=O)N1CCCC[C@@H]1c1ccc(C(=O)N[C@H](C)Cn2cncn2)n1C. The maximum Gasteiger partial charge on any atom is 0.268 e. The standard InChI is InChI=1S/C18H26N6O2/c1-13(10-23-12-19-11-20-23)21-18(26)17-8-7-15(22(17)3)16-6-4-5-9-24(16)14(2)25/h7-8,11-13,16H,4-6,9-10H2,1-3H3,(H,21,26)/t13-,16-/m1/s1. The van der Waals surface area contributed by atoms with E-state index < -0.39 is 0 Å². The summed E-state index contributed by atoms with van der Waals surface area (Å²) in [6.45, 7) is 4.88. The molecule has 2 amide bonds. The van der Waals surface area contributed by atoms with E-state index >= 15 is 0 Å². The van der Waals surface area contributed by atoms with Gasteiger partial charge in [0, 0.05) is 32.3 Å². The molecular formula is C18H26N6O2. The second kappa shape index (κ2) is 7.72. The molecule has 0 aromatic carbocycles. The van der Waals surface area contributed by atoms with E-state index in [1.165, 1.54) is 6.33 Å². The smallest absolute Gasteiger partial charge is 0.268 e. The van der Waals surface area contributed by atoms with Crippen LogP contribution in [0.5, 0.6) is 0 Å². The van der Waals surface area contributed by atoms with Gasteiger partial charge in [-0.1, -0.05) is 0 Å². The normalized spacial score (nSPS) is 18.6. The highest BCUT2D eigenvalue weighted by atomic mass is 16.2. The number of likely N-dealkylation sites (tertiary alicyclic amines) is 1. The molecule has 0 unspecified atom stereocenters. The largest absolute Gasteiger partial charge is 0.346 e. The van der Waals surface area contributed by atoms with Crippen molar-refractivity contribution in [3.8, 4) is 0 Å². The Morgan fingerprint density at radius 1 is 1.35 bits per heavy atom. The highest BCUT2D eigenvalue weighted by Crippen LogP contribution is 2.31. The quantitative estimate of drug-likeness (QED) is 0.878. The Morgan fingerprint density at radius 2 is 2.15 bits per heavy atom. The second-order valence-electron chi connectivity index (χ2n) is 6.92. The Kier molecular flexibility index (Phi) is 5.39. The van der Waals surface area contributed by atoms with Crippen molar-refractivity contribution in [1.29, 1.82) is 0 Å². The van der Waals surface area contributed by atoms with Gasteiger partial charge in [0.05, 0.1) is 12.6 Å². The summed E-state index contributed by atoms with van der Waals surface area (Å²) in [6, 6.07) is 3.76. The second-order valence-corrected chi connectivity index (χ2v) is 6.92. The minimum Gasteiger partial charge on any atom is -0.346 e. The third-order valence-corrected chi connectivity index (χ3v) is 4.95. The Labute approximate surface area is 153 Å². The highest BCUT2D eigenvalue weighted by Gasteiger charge is 2.29. The van der Waals surface area contributed by atoms with Crippen LogP contribution in [-0.2, 0) is 18.4 Å². The van der Waals surface area contributed by atoms with Gasteiger partial charge in [0.25, 0.3) is 5.91 Å². The third kappa shape index (κ3) is 3.79. The van der Waals surface area contributed by atoms with Crippen LogP contribution in [0.15, 0.2) is 24.8 Å². The van der Waals surface area contributed by atoms with Gasteiger partial charge in [-0.2, -0.15) is 5.10 Å². The molecule has 140 valence electrons. The Bertz CT molecular complexity index is 767. The maximum absolute atomic E-state index is 12.7. The summed E-state index contributed by atoms with van der Waals surface area (Å²) >= 11 is 0. The molecule has 0 aliphatic carbocycles. The first-order valence-corrected chi connectivity index (χ1v) is 9.03. The lowest BCUT2D eigenvalue weighted by Crippen LogP contribution is -2.39. The average molecular weight is 358 g/mol. The van der Waals surface area contributed by atoms with Gasteiger partial charge >= 0.3 is 0 Å². The molecule has 26 heavy (non-hydrogen) atoms. The van der Waals surface area contributed by atoms with E-state index in [1.807, 2.05) is 35.6 Å². The summed E-state index contributed by atoms with van der Waals surface area (Å²) in [5, 5.41) is 7.05. The van der Waals surface area contributed by atoms with Gasteiger partial charge < -0.3 is 14.8 Å². The van der Waals surface area contributed by atoms with Crippen molar-refractivity contribution in [1.82, 2.24) is 29.5 Å². The van der Waals surface area contributed by atoms with Gasteiger partial charge in [-0.25, -0.2) is 4.98 Å². The van der Waals surface area contributed by atoms with E-state index in [-0.39, 0.29) is 23.9 Å². The number of rotatable bonds is 5. The summed E-state index contributed by atoms with van der Waals surface area (Å²) < 4.78 is 3.59. The van der Waals surface area contributed by atoms with Gasteiger partial charge in [-0.05, 0) is 38.3 Å². The summed E-state index contributed by atoms with van der Waals surface area (Å²) in [5.41, 5.74) is 1.61. The number of piperidine rings is 1. The van der Waals surface area contributed by atoms with Crippen LogP contribution >= 0.6 is 0 Å². The van der Waals surface area contributed by atoms with Gasteiger partial charge in [0.2, 0.25) is 5.91 Å². The summed E-state index contributed by atoms with van der Waals surface area (Å²) in [4.78, 5) is 30.4. The van der Waals surface area contributed by atoms with Crippen molar-refractivity contribution >= 4 is 11.8 Å². The van der Waals surface area contributed by atoms with Crippen molar-refractivity contribution in [2.24, 2.45) is 7.05 Å². The zero-order valence-electron chi connectivity index (χ0n) is 15.6. The first-order valence-electron chi connectivity index (χ1n) is 9.03. The average Bonchev–Trinajstić information content (AvgIpc) is 3.24. The lowest BCUT2D eigenvalue weighted by molar-refractivity contribution is -0.132. The van der Waals surface area contributed by atoms with Crippen LogP contribution in [0.2, 0.25) is 0 Å². The van der Waals surface area contributed by atoms with Crippen LogP contribution in [0.1, 0.15) is 55.3 Å². The van der Waals surface area contributed by atoms with E-state index in [0.717, 1.165) is 31.5 Å².